The molecule has 1 unspecified atom stereocenters. The van der Waals surface area contributed by atoms with Crippen LogP contribution < -0.4 is 5.32 Å². The van der Waals surface area contributed by atoms with E-state index in [9.17, 15) is 9.59 Å². The van der Waals surface area contributed by atoms with Crippen LogP contribution in [0.5, 0.6) is 0 Å². The summed E-state index contributed by atoms with van der Waals surface area (Å²) in [6.07, 6.45) is 1.65. The van der Waals surface area contributed by atoms with Gasteiger partial charge in [0.2, 0.25) is 5.91 Å². The number of rotatable bonds is 5. The molecule has 1 amide bonds. The second kappa shape index (κ2) is 5.24. The molecule has 0 bridgehead atoms. The lowest BCUT2D eigenvalue weighted by Crippen LogP contribution is -2.63. The van der Waals surface area contributed by atoms with E-state index in [2.05, 4.69) is 5.32 Å². The molecule has 0 aliphatic carbocycles. The number of nitrogens with zero attached hydrogens (tertiary/aromatic N) is 1. The van der Waals surface area contributed by atoms with E-state index in [0.29, 0.717) is 25.4 Å². The first-order valence-corrected chi connectivity index (χ1v) is 6.33. The molecule has 102 valence electrons. The number of carbonyl (C=O) groups excluding carboxylic acids is 1. The summed E-state index contributed by atoms with van der Waals surface area (Å²) in [4.78, 5) is 24.1. The van der Waals surface area contributed by atoms with Crippen LogP contribution in [0.15, 0.2) is 0 Å². The fourth-order valence-corrected chi connectivity index (χ4v) is 2.53. The molecular weight excluding hydrogens is 236 g/mol. The molecule has 2 N–H and O–H groups in total. The zero-order chi connectivity index (χ0) is 13.2. The highest BCUT2D eigenvalue weighted by Gasteiger charge is 2.42. The van der Waals surface area contributed by atoms with Gasteiger partial charge in [0.15, 0.2) is 0 Å². The first-order chi connectivity index (χ1) is 8.48. The normalized spacial score (nSPS) is 25.8. The van der Waals surface area contributed by atoms with Crippen LogP contribution in [0.1, 0.15) is 19.8 Å². The van der Waals surface area contributed by atoms with Gasteiger partial charge in [-0.2, -0.15) is 0 Å². The highest BCUT2D eigenvalue weighted by Crippen LogP contribution is 2.26. The highest BCUT2D eigenvalue weighted by molar-refractivity contribution is 5.77. The Labute approximate surface area is 106 Å². The molecule has 18 heavy (non-hydrogen) atoms. The van der Waals surface area contributed by atoms with E-state index in [4.69, 9.17) is 9.84 Å². The molecule has 0 saturated carbocycles. The van der Waals surface area contributed by atoms with E-state index < -0.39 is 11.6 Å². The minimum atomic E-state index is -0.974. The van der Waals surface area contributed by atoms with Gasteiger partial charge in [0.1, 0.15) is 12.2 Å². The number of likely N-dealkylation sites (tertiary alicyclic amines) is 1. The number of aliphatic carboxylic acids is 1. The van der Waals surface area contributed by atoms with E-state index in [1.807, 2.05) is 6.92 Å². The Morgan fingerprint density at radius 1 is 1.50 bits per heavy atom. The van der Waals surface area contributed by atoms with Crippen LogP contribution in [-0.2, 0) is 14.3 Å². The first-order valence-electron chi connectivity index (χ1n) is 6.33. The third kappa shape index (κ3) is 3.20. The van der Waals surface area contributed by atoms with E-state index in [-0.39, 0.29) is 12.5 Å². The Bertz CT molecular complexity index is 333. The van der Waals surface area contributed by atoms with Crippen molar-refractivity contribution in [2.24, 2.45) is 5.92 Å². The van der Waals surface area contributed by atoms with Gasteiger partial charge in [0.25, 0.3) is 0 Å². The summed E-state index contributed by atoms with van der Waals surface area (Å²) in [6, 6.07) is 0. The molecule has 2 heterocycles. The Kier molecular flexibility index (Phi) is 3.87. The standard InChI is InChI=1S/C12H20N2O4/c1-12(18-6-11(16)17)7-14(8-12)10(15)4-9-2-3-13-5-9/h9,13H,2-8H2,1H3,(H,16,17). The second-order valence-electron chi connectivity index (χ2n) is 5.45. The van der Waals surface area contributed by atoms with Gasteiger partial charge in [-0.3, -0.25) is 4.79 Å². The van der Waals surface area contributed by atoms with Gasteiger partial charge in [-0.15, -0.1) is 0 Å². The molecule has 0 aromatic heterocycles. The summed E-state index contributed by atoms with van der Waals surface area (Å²) in [5.74, 6) is -0.373. The van der Waals surface area contributed by atoms with Crippen molar-refractivity contribution in [3.8, 4) is 0 Å². The Balaban J connectivity index is 1.70. The monoisotopic (exact) mass is 256 g/mol. The summed E-state index contributed by atoms with van der Waals surface area (Å²) in [6.45, 7) is 4.46. The number of carboxylic acid groups (broad SMARTS) is 1. The van der Waals surface area contributed by atoms with Gasteiger partial charge in [-0.25, -0.2) is 4.79 Å². The first kappa shape index (κ1) is 13.3. The van der Waals surface area contributed by atoms with Gasteiger partial charge in [-0.1, -0.05) is 0 Å². The van der Waals surface area contributed by atoms with Crippen LogP contribution in [-0.4, -0.2) is 60.3 Å². The van der Waals surface area contributed by atoms with Crippen molar-refractivity contribution in [3.63, 3.8) is 0 Å². The zero-order valence-electron chi connectivity index (χ0n) is 10.6. The van der Waals surface area contributed by atoms with E-state index >= 15 is 0 Å². The quantitative estimate of drug-likeness (QED) is 0.705. The van der Waals surface area contributed by atoms with Crippen LogP contribution in [0.2, 0.25) is 0 Å². The second-order valence-corrected chi connectivity index (χ2v) is 5.45. The molecule has 2 rings (SSSR count). The maximum atomic E-state index is 11.9. The molecule has 6 heteroatoms. The number of nitrogens with one attached hydrogen (secondary N) is 1. The molecule has 1 atom stereocenters. The van der Waals surface area contributed by atoms with Gasteiger partial charge in [0, 0.05) is 6.42 Å². The molecule has 2 aliphatic heterocycles. The van der Waals surface area contributed by atoms with Crippen LogP contribution in [0.25, 0.3) is 0 Å². The van der Waals surface area contributed by atoms with Gasteiger partial charge >= 0.3 is 5.97 Å². The van der Waals surface area contributed by atoms with Gasteiger partial charge in [0.05, 0.1) is 13.1 Å². The minimum Gasteiger partial charge on any atom is -0.480 e. The lowest BCUT2D eigenvalue weighted by atomic mass is 9.94. The van der Waals surface area contributed by atoms with Gasteiger partial charge in [-0.05, 0) is 32.4 Å². The minimum absolute atomic E-state index is 0.153. The van der Waals surface area contributed by atoms with Crippen molar-refractivity contribution >= 4 is 11.9 Å². The molecule has 2 aliphatic rings. The summed E-state index contributed by atoms with van der Waals surface area (Å²) in [7, 11) is 0. The maximum Gasteiger partial charge on any atom is 0.329 e. The van der Waals surface area contributed by atoms with Crippen molar-refractivity contribution in [2.45, 2.75) is 25.4 Å². The van der Waals surface area contributed by atoms with E-state index in [1.54, 1.807) is 4.90 Å². The predicted octanol–water partition coefficient (Wildman–Crippen LogP) is -0.312. The average Bonchev–Trinajstić information content (AvgIpc) is 2.75. The molecule has 0 spiro atoms. The number of hydrogen-bond acceptors (Lipinski definition) is 4. The van der Waals surface area contributed by atoms with E-state index in [1.165, 1.54) is 0 Å². The third-order valence-corrected chi connectivity index (χ3v) is 3.57. The van der Waals surface area contributed by atoms with E-state index in [0.717, 1.165) is 19.5 Å². The van der Waals surface area contributed by atoms with Crippen LogP contribution >= 0.6 is 0 Å². The number of hydrogen-bond donors (Lipinski definition) is 2. The largest absolute Gasteiger partial charge is 0.480 e. The smallest absolute Gasteiger partial charge is 0.329 e. The fourth-order valence-electron chi connectivity index (χ4n) is 2.53. The molecule has 0 radical (unpaired) electrons. The van der Waals surface area contributed by atoms with Crippen molar-refractivity contribution < 1.29 is 19.4 Å². The number of ether oxygens (including phenoxy) is 1. The summed E-state index contributed by atoms with van der Waals surface area (Å²) in [5, 5.41) is 11.8. The van der Waals surface area contributed by atoms with Crippen LogP contribution in [0.4, 0.5) is 0 Å². The van der Waals surface area contributed by atoms with Gasteiger partial charge < -0.3 is 20.1 Å². The predicted molar refractivity (Wildman–Crippen MR) is 64.2 cm³/mol. The van der Waals surface area contributed by atoms with Crippen molar-refractivity contribution in [1.29, 1.82) is 0 Å². The number of carboxylic acids is 1. The summed E-state index contributed by atoms with van der Waals surface area (Å²) >= 11 is 0. The molecule has 0 aromatic rings. The SMILES string of the molecule is CC1(OCC(=O)O)CN(C(=O)CC2CCNC2)C1. The van der Waals surface area contributed by atoms with Crippen LogP contribution in [0.3, 0.4) is 0 Å². The van der Waals surface area contributed by atoms with Crippen LogP contribution in [0, 0.1) is 5.92 Å². The Morgan fingerprint density at radius 2 is 2.22 bits per heavy atom. The fraction of sp³-hybridized carbons (Fsp3) is 0.833. The topological polar surface area (TPSA) is 78.9 Å². The molecule has 0 aromatic carbocycles. The Hall–Kier alpha value is -1.14. The molecular formula is C12H20N2O4. The Morgan fingerprint density at radius 3 is 2.78 bits per heavy atom. The third-order valence-electron chi connectivity index (χ3n) is 3.57. The lowest BCUT2D eigenvalue weighted by molar-refractivity contribution is -0.173. The lowest BCUT2D eigenvalue weighted by Gasteiger charge is -2.47. The summed E-state index contributed by atoms with van der Waals surface area (Å²) < 4.78 is 5.27. The summed E-state index contributed by atoms with van der Waals surface area (Å²) in [5.41, 5.74) is -0.484. The molecule has 2 saturated heterocycles. The zero-order valence-corrected chi connectivity index (χ0v) is 10.6. The van der Waals surface area contributed by atoms with Crippen molar-refractivity contribution in [2.75, 3.05) is 32.8 Å². The maximum absolute atomic E-state index is 11.9. The molecule has 2 fully saturated rings. The van der Waals surface area contributed by atoms with Crippen molar-refractivity contribution in [3.05, 3.63) is 0 Å². The van der Waals surface area contributed by atoms with Crippen molar-refractivity contribution in [1.82, 2.24) is 10.2 Å². The average molecular weight is 256 g/mol. The molecule has 6 nitrogen and oxygen atoms in total. The number of carbonyl (C=O) groups is 2. The number of amides is 1. The highest BCUT2D eigenvalue weighted by atomic mass is 16.5.